The highest BCUT2D eigenvalue weighted by molar-refractivity contribution is 5.82. The van der Waals surface area contributed by atoms with Crippen molar-refractivity contribution in [2.45, 2.75) is 32.4 Å². The molecule has 0 bridgehead atoms. The van der Waals surface area contributed by atoms with Crippen molar-refractivity contribution in [3.05, 3.63) is 18.0 Å². The van der Waals surface area contributed by atoms with Gasteiger partial charge in [0.1, 0.15) is 0 Å². The Bertz CT molecular complexity index is 337. The predicted octanol–water partition coefficient (Wildman–Crippen LogP) is 0.679. The maximum atomic E-state index is 11.9. The van der Waals surface area contributed by atoms with E-state index in [4.69, 9.17) is 4.52 Å². The van der Waals surface area contributed by atoms with Gasteiger partial charge in [-0.1, -0.05) is 12.1 Å². The van der Waals surface area contributed by atoms with Crippen LogP contribution in [0.15, 0.2) is 16.8 Å². The first-order valence-electron chi connectivity index (χ1n) is 5.68. The number of carbonyl (C=O) groups is 1. The first kappa shape index (κ1) is 11.1. The molecule has 1 aliphatic heterocycles. The van der Waals surface area contributed by atoms with Gasteiger partial charge in [0.25, 0.3) is 0 Å². The van der Waals surface area contributed by atoms with Crippen molar-refractivity contribution in [2.24, 2.45) is 5.92 Å². The van der Waals surface area contributed by atoms with Gasteiger partial charge >= 0.3 is 0 Å². The number of rotatable bonds is 3. The van der Waals surface area contributed by atoms with Crippen LogP contribution in [-0.2, 0) is 11.3 Å². The highest BCUT2D eigenvalue weighted by Gasteiger charge is 2.27. The molecule has 1 amide bonds. The summed E-state index contributed by atoms with van der Waals surface area (Å²) in [5.41, 5.74) is 0. The highest BCUT2D eigenvalue weighted by atomic mass is 16.5. The highest BCUT2D eigenvalue weighted by Crippen LogP contribution is 2.15. The van der Waals surface area contributed by atoms with Crippen molar-refractivity contribution in [1.82, 2.24) is 15.8 Å². The van der Waals surface area contributed by atoms with E-state index in [9.17, 15) is 4.79 Å². The minimum atomic E-state index is -0.0725. The Balaban J connectivity index is 1.83. The van der Waals surface area contributed by atoms with E-state index < -0.39 is 0 Å². The van der Waals surface area contributed by atoms with Crippen LogP contribution in [0.3, 0.4) is 0 Å². The summed E-state index contributed by atoms with van der Waals surface area (Å²) in [7, 11) is 0. The zero-order valence-electron chi connectivity index (χ0n) is 9.40. The average molecular weight is 223 g/mol. The lowest BCUT2D eigenvalue weighted by atomic mass is 9.92. The van der Waals surface area contributed by atoms with E-state index in [1.54, 1.807) is 12.3 Å². The lowest BCUT2D eigenvalue weighted by molar-refractivity contribution is -0.125. The van der Waals surface area contributed by atoms with Gasteiger partial charge in [-0.2, -0.15) is 0 Å². The Kier molecular flexibility index (Phi) is 3.56. The van der Waals surface area contributed by atoms with Gasteiger partial charge in [-0.05, 0) is 25.3 Å². The Hall–Kier alpha value is -1.36. The number of hydrogen-bond donors (Lipinski definition) is 2. The molecule has 1 aromatic rings. The van der Waals surface area contributed by atoms with Gasteiger partial charge in [0.05, 0.1) is 18.8 Å². The number of nitrogens with zero attached hydrogens (tertiary/aromatic N) is 1. The molecule has 5 heteroatoms. The SMILES string of the molecule is CC1CCCNC1C(=O)NCc1ccno1. The van der Waals surface area contributed by atoms with Crippen molar-refractivity contribution < 1.29 is 9.32 Å². The van der Waals surface area contributed by atoms with Crippen molar-refractivity contribution >= 4 is 5.91 Å². The van der Waals surface area contributed by atoms with E-state index in [1.807, 2.05) is 0 Å². The molecule has 2 heterocycles. The molecule has 1 saturated heterocycles. The van der Waals surface area contributed by atoms with Crippen LogP contribution >= 0.6 is 0 Å². The molecule has 1 aromatic heterocycles. The molecule has 0 aliphatic carbocycles. The molecule has 1 aliphatic rings. The fraction of sp³-hybridized carbons (Fsp3) is 0.636. The van der Waals surface area contributed by atoms with Gasteiger partial charge in [0.2, 0.25) is 5.91 Å². The molecule has 0 saturated carbocycles. The summed E-state index contributed by atoms with van der Waals surface area (Å²) < 4.78 is 4.91. The number of hydrogen-bond acceptors (Lipinski definition) is 4. The molecule has 2 atom stereocenters. The number of aromatic nitrogens is 1. The van der Waals surface area contributed by atoms with E-state index in [-0.39, 0.29) is 11.9 Å². The third-order valence-electron chi connectivity index (χ3n) is 2.98. The third-order valence-corrected chi connectivity index (χ3v) is 2.98. The van der Waals surface area contributed by atoms with E-state index in [0.29, 0.717) is 18.2 Å². The molecule has 88 valence electrons. The number of piperidine rings is 1. The molecular weight excluding hydrogens is 206 g/mol. The van der Waals surface area contributed by atoms with Crippen LogP contribution in [-0.4, -0.2) is 23.7 Å². The van der Waals surface area contributed by atoms with Crippen LogP contribution < -0.4 is 10.6 Å². The standard InChI is InChI=1S/C11H17N3O2/c1-8-3-2-5-12-10(8)11(15)13-7-9-4-6-14-16-9/h4,6,8,10,12H,2-3,5,7H2,1H3,(H,13,15). The van der Waals surface area contributed by atoms with E-state index in [1.165, 1.54) is 0 Å². The number of nitrogens with one attached hydrogen (secondary N) is 2. The summed E-state index contributed by atoms with van der Waals surface area (Å²) in [5.74, 6) is 1.11. The Morgan fingerprint density at radius 2 is 2.62 bits per heavy atom. The van der Waals surface area contributed by atoms with E-state index in [2.05, 4.69) is 22.7 Å². The van der Waals surface area contributed by atoms with Crippen LogP contribution in [0, 0.1) is 5.92 Å². The number of carbonyl (C=O) groups excluding carboxylic acids is 1. The Morgan fingerprint density at radius 3 is 3.31 bits per heavy atom. The quantitative estimate of drug-likeness (QED) is 0.790. The Labute approximate surface area is 94.6 Å². The van der Waals surface area contributed by atoms with Crippen molar-refractivity contribution in [1.29, 1.82) is 0 Å². The van der Waals surface area contributed by atoms with Gasteiger partial charge in [-0.15, -0.1) is 0 Å². The van der Waals surface area contributed by atoms with Gasteiger partial charge in [0.15, 0.2) is 5.76 Å². The van der Waals surface area contributed by atoms with Gasteiger partial charge < -0.3 is 15.2 Å². The maximum Gasteiger partial charge on any atom is 0.237 e. The zero-order chi connectivity index (χ0) is 11.4. The first-order chi connectivity index (χ1) is 7.77. The second-order valence-corrected chi connectivity index (χ2v) is 4.25. The minimum absolute atomic E-state index is 0.0450. The molecule has 1 fully saturated rings. The minimum Gasteiger partial charge on any atom is -0.360 e. The van der Waals surface area contributed by atoms with Crippen LogP contribution in [0.5, 0.6) is 0 Å². The van der Waals surface area contributed by atoms with Crippen LogP contribution in [0.1, 0.15) is 25.5 Å². The predicted molar refractivity (Wildman–Crippen MR) is 58.5 cm³/mol. The second-order valence-electron chi connectivity index (χ2n) is 4.25. The summed E-state index contributed by atoms with van der Waals surface area (Å²) in [5, 5.41) is 9.68. The molecule has 2 rings (SSSR count). The van der Waals surface area contributed by atoms with E-state index >= 15 is 0 Å². The summed E-state index contributed by atoms with van der Waals surface area (Å²) in [6, 6.07) is 1.68. The average Bonchev–Trinajstić information content (AvgIpc) is 2.79. The molecule has 16 heavy (non-hydrogen) atoms. The summed E-state index contributed by atoms with van der Waals surface area (Å²) in [4.78, 5) is 11.9. The summed E-state index contributed by atoms with van der Waals surface area (Å²) in [6.45, 7) is 3.43. The van der Waals surface area contributed by atoms with Crippen LogP contribution in [0.4, 0.5) is 0 Å². The molecule has 0 aromatic carbocycles. The molecule has 2 N–H and O–H groups in total. The smallest absolute Gasteiger partial charge is 0.237 e. The molecule has 2 unspecified atom stereocenters. The lowest BCUT2D eigenvalue weighted by Crippen LogP contribution is -2.50. The van der Waals surface area contributed by atoms with E-state index in [0.717, 1.165) is 19.4 Å². The number of amides is 1. The fourth-order valence-electron chi connectivity index (χ4n) is 2.02. The molecular formula is C11H17N3O2. The third kappa shape index (κ3) is 2.61. The van der Waals surface area contributed by atoms with Crippen molar-refractivity contribution in [2.75, 3.05) is 6.54 Å². The largest absolute Gasteiger partial charge is 0.360 e. The van der Waals surface area contributed by atoms with Crippen LogP contribution in [0.25, 0.3) is 0 Å². The fourth-order valence-corrected chi connectivity index (χ4v) is 2.02. The lowest BCUT2D eigenvalue weighted by Gasteiger charge is -2.28. The summed E-state index contributed by atoms with van der Waals surface area (Å²) >= 11 is 0. The molecule has 0 radical (unpaired) electrons. The monoisotopic (exact) mass is 223 g/mol. The molecule has 5 nitrogen and oxygen atoms in total. The Morgan fingerprint density at radius 1 is 1.75 bits per heavy atom. The first-order valence-corrected chi connectivity index (χ1v) is 5.68. The van der Waals surface area contributed by atoms with Crippen LogP contribution in [0.2, 0.25) is 0 Å². The molecule has 0 spiro atoms. The van der Waals surface area contributed by atoms with Gasteiger partial charge in [0, 0.05) is 6.07 Å². The van der Waals surface area contributed by atoms with Crippen molar-refractivity contribution in [3.8, 4) is 0 Å². The second kappa shape index (κ2) is 5.12. The maximum absolute atomic E-state index is 11.9. The van der Waals surface area contributed by atoms with Crippen molar-refractivity contribution in [3.63, 3.8) is 0 Å². The zero-order valence-corrected chi connectivity index (χ0v) is 9.40. The topological polar surface area (TPSA) is 67.2 Å². The summed E-state index contributed by atoms with van der Waals surface area (Å²) in [6.07, 6.45) is 3.82. The van der Waals surface area contributed by atoms with Gasteiger partial charge in [-0.3, -0.25) is 4.79 Å². The van der Waals surface area contributed by atoms with Gasteiger partial charge in [-0.25, -0.2) is 0 Å². The normalized spacial score (nSPS) is 25.3.